The summed E-state index contributed by atoms with van der Waals surface area (Å²) in [7, 11) is 0. The zero-order valence-corrected chi connectivity index (χ0v) is 14.7. The summed E-state index contributed by atoms with van der Waals surface area (Å²) in [5, 5.41) is 39.1. The van der Waals surface area contributed by atoms with Crippen molar-refractivity contribution in [3.05, 3.63) is 65.2 Å². The van der Waals surface area contributed by atoms with E-state index in [1.807, 2.05) is 0 Å². The maximum Gasteiger partial charge on any atom is 0.336 e. The van der Waals surface area contributed by atoms with E-state index in [-0.39, 0.29) is 17.9 Å². The van der Waals surface area contributed by atoms with Gasteiger partial charge in [-0.1, -0.05) is 43.3 Å². The number of aliphatic hydroxyl groups is 3. The van der Waals surface area contributed by atoms with Crippen LogP contribution in [-0.4, -0.2) is 38.3 Å². The molecule has 0 aliphatic rings. The number of carbonyl (C=O) groups is 1. The number of hydrogen-bond donors (Lipinski definition) is 4. The van der Waals surface area contributed by atoms with Crippen molar-refractivity contribution in [1.82, 2.24) is 0 Å². The Hall–Kier alpha value is -1.86. The minimum atomic E-state index is -1.00. The predicted molar refractivity (Wildman–Crippen MR) is 96.6 cm³/mol. The van der Waals surface area contributed by atoms with Gasteiger partial charge in [0.05, 0.1) is 24.4 Å². The average molecular weight is 362 g/mol. The van der Waals surface area contributed by atoms with Crippen molar-refractivity contribution in [2.24, 2.45) is 5.92 Å². The van der Waals surface area contributed by atoms with E-state index in [0.717, 1.165) is 5.56 Å². The quantitative estimate of drug-likeness (QED) is 0.539. The fourth-order valence-corrected chi connectivity index (χ4v) is 3.57. The number of thioether (sulfide) groups is 1. The molecule has 6 heteroatoms. The van der Waals surface area contributed by atoms with E-state index in [4.69, 9.17) is 5.11 Å². The van der Waals surface area contributed by atoms with Crippen molar-refractivity contribution in [2.75, 3.05) is 5.75 Å². The Bertz CT molecular complexity index is 701. The summed E-state index contributed by atoms with van der Waals surface area (Å²) in [5.74, 6) is -1.16. The van der Waals surface area contributed by atoms with Gasteiger partial charge in [-0.25, -0.2) is 4.79 Å². The predicted octanol–water partition coefficient (Wildman–Crippen LogP) is 2.70. The van der Waals surface area contributed by atoms with Crippen LogP contribution in [0.5, 0.6) is 0 Å². The Kier molecular flexibility index (Phi) is 7.01. The summed E-state index contributed by atoms with van der Waals surface area (Å²) in [6, 6.07) is 13.6. The molecule has 4 N–H and O–H groups in total. The lowest BCUT2D eigenvalue weighted by Gasteiger charge is -2.24. The van der Waals surface area contributed by atoms with Gasteiger partial charge in [0.1, 0.15) is 0 Å². The Balaban J connectivity index is 1.99. The van der Waals surface area contributed by atoms with Crippen LogP contribution in [0.2, 0.25) is 0 Å². The van der Waals surface area contributed by atoms with Gasteiger partial charge in [-0.05, 0) is 23.3 Å². The number of benzene rings is 2. The average Bonchev–Trinajstić information content (AvgIpc) is 2.65. The second-order valence-electron chi connectivity index (χ2n) is 5.88. The zero-order valence-electron chi connectivity index (χ0n) is 13.9. The molecule has 5 nitrogen and oxygen atoms in total. The van der Waals surface area contributed by atoms with E-state index in [0.29, 0.717) is 10.5 Å². The van der Waals surface area contributed by atoms with Gasteiger partial charge in [-0.15, -0.1) is 11.8 Å². The fraction of sp³-hybridized carbons (Fsp3) is 0.316. The largest absolute Gasteiger partial charge is 0.478 e. The smallest absolute Gasteiger partial charge is 0.336 e. The molecule has 134 valence electrons. The van der Waals surface area contributed by atoms with Crippen molar-refractivity contribution < 1.29 is 25.2 Å². The standard InChI is InChI=1S/C19H22O5S/c1-12(18(22)14-8-6-13(10-20)7-9-14)16(21)11-25-17-5-3-2-4-15(17)19(23)24/h2-9,12,16,18,20-22H,10-11H2,1H3,(H,23,24). The molecule has 0 radical (unpaired) electrons. The van der Waals surface area contributed by atoms with E-state index in [1.165, 1.54) is 17.8 Å². The van der Waals surface area contributed by atoms with Crippen LogP contribution < -0.4 is 0 Å². The lowest BCUT2D eigenvalue weighted by Crippen LogP contribution is -2.26. The molecule has 2 aromatic rings. The van der Waals surface area contributed by atoms with Gasteiger partial charge >= 0.3 is 5.97 Å². The van der Waals surface area contributed by atoms with Gasteiger partial charge in [0.25, 0.3) is 0 Å². The summed E-state index contributed by atoms with van der Waals surface area (Å²) < 4.78 is 0. The third-order valence-electron chi connectivity index (χ3n) is 4.14. The molecule has 0 heterocycles. The van der Waals surface area contributed by atoms with E-state index < -0.39 is 24.1 Å². The highest BCUT2D eigenvalue weighted by Crippen LogP contribution is 2.29. The van der Waals surface area contributed by atoms with Gasteiger partial charge in [0, 0.05) is 16.6 Å². The minimum Gasteiger partial charge on any atom is -0.478 e. The molecule has 0 aliphatic carbocycles. The zero-order chi connectivity index (χ0) is 18.4. The van der Waals surface area contributed by atoms with Gasteiger partial charge in [0.15, 0.2) is 0 Å². The van der Waals surface area contributed by atoms with Gasteiger partial charge < -0.3 is 20.4 Å². The van der Waals surface area contributed by atoms with Gasteiger partial charge in [-0.3, -0.25) is 0 Å². The summed E-state index contributed by atoms with van der Waals surface area (Å²) >= 11 is 1.26. The molecule has 3 unspecified atom stereocenters. The highest BCUT2D eigenvalue weighted by atomic mass is 32.2. The third-order valence-corrected chi connectivity index (χ3v) is 5.31. The summed E-state index contributed by atoms with van der Waals surface area (Å²) in [4.78, 5) is 11.8. The maximum absolute atomic E-state index is 11.2. The van der Waals surface area contributed by atoms with Crippen molar-refractivity contribution in [1.29, 1.82) is 0 Å². The van der Waals surface area contributed by atoms with Crippen LogP contribution in [0.15, 0.2) is 53.4 Å². The fourth-order valence-electron chi connectivity index (χ4n) is 2.43. The van der Waals surface area contributed by atoms with Crippen molar-refractivity contribution >= 4 is 17.7 Å². The number of aromatic carboxylic acids is 1. The van der Waals surface area contributed by atoms with Crippen LogP contribution in [-0.2, 0) is 6.61 Å². The van der Waals surface area contributed by atoms with E-state index >= 15 is 0 Å². The molecule has 0 amide bonds. The Labute approximate surface area is 151 Å². The minimum absolute atomic E-state index is 0.0613. The number of hydrogen-bond acceptors (Lipinski definition) is 5. The number of rotatable bonds is 8. The Morgan fingerprint density at radius 1 is 1.08 bits per heavy atom. The molecular weight excluding hydrogens is 340 g/mol. The lowest BCUT2D eigenvalue weighted by atomic mass is 9.93. The van der Waals surface area contributed by atoms with Crippen molar-refractivity contribution in [2.45, 2.75) is 30.6 Å². The Morgan fingerprint density at radius 2 is 1.72 bits per heavy atom. The van der Waals surface area contributed by atoms with Crippen LogP contribution in [0.1, 0.15) is 34.5 Å². The second-order valence-corrected chi connectivity index (χ2v) is 6.95. The van der Waals surface area contributed by atoms with E-state index in [9.17, 15) is 20.1 Å². The molecule has 0 fully saturated rings. The van der Waals surface area contributed by atoms with Crippen LogP contribution in [0.25, 0.3) is 0 Å². The lowest BCUT2D eigenvalue weighted by molar-refractivity contribution is 0.0330. The first-order chi connectivity index (χ1) is 11.9. The molecule has 3 atom stereocenters. The SMILES string of the molecule is CC(C(O)CSc1ccccc1C(=O)O)C(O)c1ccc(CO)cc1. The number of carboxylic acid groups (broad SMARTS) is 1. The molecule has 2 rings (SSSR count). The molecule has 0 aliphatic heterocycles. The molecule has 25 heavy (non-hydrogen) atoms. The molecule has 0 spiro atoms. The normalized spacial score (nSPS) is 14.7. The van der Waals surface area contributed by atoms with Crippen LogP contribution in [0.4, 0.5) is 0 Å². The van der Waals surface area contributed by atoms with E-state index in [2.05, 4.69) is 0 Å². The summed E-state index contributed by atoms with van der Waals surface area (Å²) in [5.41, 5.74) is 1.62. The van der Waals surface area contributed by atoms with Crippen molar-refractivity contribution in [3.63, 3.8) is 0 Å². The summed E-state index contributed by atoms with van der Waals surface area (Å²) in [6.07, 6.45) is -1.66. The van der Waals surface area contributed by atoms with Gasteiger partial charge in [0.2, 0.25) is 0 Å². The Morgan fingerprint density at radius 3 is 2.32 bits per heavy atom. The molecule has 0 aromatic heterocycles. The monoisotopic (exact) mass is 362 g/mol. The molecular formula is C19H22O5S. The maximum atomic E-state index is 11.2. The molecule has 0 bridgehead atoms. The van der Waals surface area contributed by atoms with Crippen LogP contribution >= 0.6 is 11.8 Å². The first-order valence-electron chi connectivity index (χ1n) is 7.95. The first-order valence-corrected chi connectivity index (χ1v) is 8.93. The number of carboxylic acids is 1. The second kappa shape index (κ2) is 9.01. The van der Waals surface area contributed by atoms with Gasteiger partial charge in [-0.2, -0.15) is 0 Å². The first kappa shape index (κ1) is 19.5. The molecule has 0 saturated heterocycles. The third kappa shape index (κ3) is 5.06. The van der Waals surface area contributed by atoms with Crippen molar-refractivity contribution in [3.8, 4) is 0 Å². The van der Waals surface area contributed by atoms with Crippen LogP contribution in [0, 0.1) is 5.92 Å². The van der Waals surface area contributed by atoms with E-state index in [1.54, 1.807) is 49.4 Å². The highest BCUT2D eigenvalue weighted by Gasteiger charge is 2.24. The number of aliphatic hydroxyl groups excluding tert-OH is 3. The molecule has 0 saturated carbocycles. The summed E-state index contributed by atoms with van der Waals surface area (Å²) in [6.45, 7) is 1.69. The van der Waals surface area contributed by atoms with Crippen LogP contribution in [0.3, 0.4) is 0 Å². The molecule has 2 aromatic carbocycles. The topological polar surface area (TPSA) is 98.0 Å². The highest BCUT2D eigenvalue weighted by molar-refractivity contribution is 7.99.